The second-order valence-corrected chi connectivity index (χ2v) is 8.60. The second-order valence-electron chi connectivity index (χ2n) is 6.92. The highest BCUT2D eigenvalue weighted by atomic mass is 35.5. The monoisotopic (exact) mass is 484 g/mol. The maximum Gasteiger partial charge on any atom is 0.343 e. The molecule has 3 aromatic heterocycles. The number of halogens is 2. The van der Waals surface area contributed by atoms with Crippen LogP contribution in [0.5, 0.6) is 11.5 Å². The molecule has 0 aliphatic heterocycles. The van der Waals surface area contributed by atoms with Crippen LogP contribution in [0, 0.1) is 5.82 Å². The first-order valence-corrected chi connectivity index (χ1v) is 11.4. The Morgan fingerprint density at radius 1 is 1.15 bits per heavy atom. The summed E-state index contributed by atoms with van der Waals surface area (Å²) in [6.45, 7) is 0. The molecule has 0 aliphatic carbocycles. The fourth-order valence-electron chi connectivity index (χ4n) is 3.14. The van der Waals surface area contributed by atoms with Gasteiger partial charge >= 0.3 is 5.16 Å². The third-order valence-electron chi connectivity index (χ3n) is 4.68. The van der Waals surface area contributed by atoms with Gasteiger partial charge in [-0.25, -0.2) is 19.0 Å². The summed E-state index contributed by atoms with van der Waals surface area (Å²) in [4.78, 5) is 16.5. The van der Waals surface area contributed by atoms with Crippen LogP contribution in [-0.2, 0) is 18.2 Å². The number of hydrogen-bond acceptors (Lipinski definition) is 9. The molecular formula is C20H14ClFN8O2S. The normalized spacial score (nSPS) is 12.3. The minimum Gasteiger partial charge on any atom is -0.609 e. The molecule has 166 valence electrons. The molecule has 0 fully saturated rings. The number of nitrogens with one attached hydrogen (secondary N) is 1. The van der Waals surface area contributed by atoms with Crippen molar-refractivity contribution in [1.29, 1.82) is 0 Å². The van der Waals surface area contributed by atoms with Crippen LogP contribution < -0.4 is 10.1 Å². The Labute approximate surface area is 194 Å². The highest BCUT2D eigenvalue weighted by molar-refractivity contribution is 7.90. The molecule has 0 radical (unpaired) electrons. The van der Waals surface area contributed by atoms with Crippen molar-refractivity contribution in [1.82, 2.24) is 34.9 Å². The van der Waals surface area contributed by atoms with Gasteiger partial charge in [-0.1, -0.05) is 16.8 Å². The van der Waals surface area contributed by atoms with E-state index in [1.807, 2.05) is 0 Å². The predicted octanol–water partition coefficient (Wildman–Crippen LogP) is 3.77. The van der Waals surface area contributed by atoms with Gasteiger partial charge in [-0.05, 0) is 18.2 Å². The molecule has 5 rings (SSSR count). The van der Waals surface area contributed by atoms with E-state index in [0.717, 1.165) is 5.52 Å². The lowest BCUT2D eigenvalue weighted by Crippen LogP contribution is -2.06. The van der Waals surface area contributed by atoms with Crippen molar-refractivity contribution in [3.63, 3.8) is 0 Å². The summed E-state index contributed by atoms with van der Waals surface area (Å²) >= 11 is 4.93. The highest BCUT2D eigenvalue weighted by Gasteiger charge is 2.17. The standard InChI is InChI=1S/C20H14ClFN8O2S/c1-30-16-4-3-11(7-14(16)28-29-30)32-18-12(21)5-10(6-13(18)22)26-19-17-15(24-9-25-19)8-23-20(27-17)33(2)31/h3-9H,1-2H3,(H,24,25,26). The molecule has 0 saturated heterocycles. The number of aryl methyl sites for hydroxylation is 1. The minimum atomic E-state index is -1.39. The Kier molecular flexibility index (Phi) is 5.40. The zero-order valence-electron chi connectivity index (χ0n) is 17.2. The molecule has 1 atom stereocenters. The van der Waals surface area contributed by atoms with E-state index in [-0.39, 0.29) is 21.7 Å². The number of fused-ring (bicyclic) bond motifs is 2. The number of rotatable bonds is 5. The van der Waals surface area contributed by atoms with Crippen LogP contribution >= 0.6 is 11.6 Å². The Bertz CT molecular complexity index is 1490. The van der Waals surface area contributed by atoms with Crippen molar-refractivity contribution >= 4 is 56.3 Å². The Morgan fingerprint density at radius 3 is 2.79 bits per heavy atom. The minimum absolute atomic E-state index is 0.0417. The average Bonchev–Trinajstić information content (AvgIpc) is 3.16. The van der Waals surface area contributed by atoms with Gasteiger partial charge in [-0.3, -0.25) is 0 Å². The number of anilines is 2. The first kappa shape index (κ1) is 21.2. The van der Waals surface area contributed by atoms with E-state index in [9.17, 15) is 8.94 Å². The van der Waals surface area contributed by atoms with Gasteiger partial charge in [0, 0.05) is 36.0 Å². The van der Waals surface area contributed by atoms with Crippen LogP contribution in [0.15, 0.2) is 48.0 Å². The lowest BCUT2D eigenvalue weighted by Gasteiger charge is -2.12. The number of benzene rings is 2. The van der Waals surface area contributed by atoms with Crippen molar-refractivity contribution in [3.05, 3.63) is 53.7 Å². The summed E-state index contributed by atoms with van der Waals surface area (Å²) in [5.74, 6) is -0.175. The Hall–Kier alpha value is -3.61. The van der Waals surface area contributed by atoms with Crippen molar-refractivity contribution in [3.8, 4) is 11.5 Å². The summed E-state index contributed by atoms with van der Waals surface area (Å²) < 4.78 is 34.0. The number of hydrogen-bond donors (Lipinski definition) is 1. The van der Waals surface area contributed by atoms with Crippen LogP contribution in [0.25, 0.3) is 22.1 Å². The predicted molar refractivity (Wildman–Crippen MR) is 121 cm³/mol. The lowest BCUT2D eigenvalue weighted by atomic mass is 10.2. The van der Waals surface area contributed by atoms with E-state index in [1.165, 1.54) is 30.9 Å². The number of ether oxygens (including phenoxy) is 1. The van der Waals surface area contributed by atoms with Gasteiger partial charge < -0.3 is 14.6 Å². The van der Waals surface area contributed by atoms with E-state index < -0.39 is 17.0 Å². The van der Waals surface area contributed by atoms with Gasteiger partial charge in [0.25, 0.3) is 0 Å². The number of nitrogens with zero attached hydrogens (tertiary/aromatic N) is 7. The topological polar surface area (TPSA) is 127 Å². The van der Waals surface area contributed by atoms with Crippen LogP contribution in [0.3, 0.4) is 0 Å². The molecule has 0 amide bonds. The number of aromatic nitrogens is 7. The SMILES string of the molecule is Cn1nnc2cc(Oc3c(F)cc(Nc4ncnc5cnc([S+](C)[O-])nc45)cc3Cl)ccc21. The van der Waals surface area contributed by atoms with E-state index in [0.29, 0.717) is 28.0 Å². The lowest BCUT2D eigenvalue weighted by molar-refractivity contribution is 0.443. The molecule has 5 aromatic rings. The van der Waals surface area contributed by atoms with Gasteiger partial charge in [0.15, 0.2) is 17.4 Å². The molecule has 13 heteroatoms. The smallest absolute Gasteiger partial charge is 0.343 e. The second kappa shape index (κ2) is 8.39. The molecular weight excluding hydrogens is 471 g/mol. The van der Waals surface area contributed by atoms with Crippen LogP contribution in [0.4, 0.5) is 15.9 Å². The fourth-order valence-corrected chi connectivity index (χ4v) is 3.80. The molecule has 1 N–H and O–H groups in total. The Morgan fingerprint density at radius 2 is 2.00 bits per heavy atom. The molecule has 0 saturated carbocycles. The fraction of sp³-hybridized carbons (Fsp3) is 0.100. The van der Waals surface area contributed by atoms with Crippen LogP contribution in [-0.4, -0.2) is 45.7 Å². The van der Waals surface area contributed by atoms with Gasteiger partial charge in [-0.15, -0.1) is 5.10 Å². The van der Waals surface area contributed by atoms with Gasteiger partial charge in [0.1, 0.15) is 34.9 Å². The summed E-state index contributed by atoms with van der Waals surface area (Å²) in [6, 6.07) is 7.80. The summed E-state index contributed by atoms with van der Waals surface area (Å²) in [5, 5.41) is 11.1. The summed E-state index contributed by atoms with van der Waals surface area (Å²) in [5.41, 5.74) is 2.51. The molecule has 33 heavy (non-hydrogen) atoms. The van der Waals surface area contributed by atoms with Gasteiger partial charge in [-0.2, -0.15) is 9.97 Å². The molecule has 1 unspecified atom stereocenters. The van der Waals surface area contributed by atoms with E-state index in [1.54, 1.807) is 29.9 Å². The summed E-state index contributed by atoms with van der Waals surface area (Å²) in [7, 11) is 1.77. The van der Waals surface area contributed by atoms with E-state index >= 15 is 0 Å². The van der Waals surface area contributed by atoms with E-state index in [4.69, 9.17) is 16.3 Å². The van der Waals surface area contributed by atoms with Crippen molar-refractivity contribution in [2.24, 2.45) is 7.05 Å². The van der Waals surface area contributed by atoms with Crippen LogP contribution in [0.1, 0.15) is 0 Å². The molecule has 0 bridgehead atoms. The maximum absolute atomic E-state index is 14.9. The Balaban J connectivity index is 1.45. The first-order chi connectivity index (χ1) is 15.9. The van der Waals surface area contributed by atoms with Crippen LogP contribution in [0.2, 0.25) is 5.02 Å². The summed E-state index contributed by atoms with van der Waals surface area (Å²) in [6.07, 6.45) is 4.23. The quantitative estimate of drug-likeness (QED) is 0.293. The molecule has 2 aromatic carbocycles. The van der Waals surface area contributed by atoms with Crippen molar-refractivity contribution in [2.75, 3.05) is 11.6 Å². The van der Waals surface area contributed by atoms with Crippen molar-refractivity contribution in [2.45, 2.75) is 5.16 Å². The molecule has 0 aliphatic rings. The molecule has 3 heterocycles. The third-order valence-corrected chi connectivity index (χ3v) is 5.67. The molecule has 0 spiro atoms. The average molecular weight is 485 g/mol. The van der Waals surface area contributed by atoms with Gasteiger partial charge in [0.2, 0.25) is 0 Å². The highest BCUT2D eigenvalue weighted by Crippen LogP contribution is 2.36. The van der Waals surface area contributed by atoms with Crippen molar-refractivity contribution < 1.29 is 13.7 Å². The zero-order valence-corrected chi connectivity index (χ0v) is 18.7. The van der Waals surface area contributed by atoms with Gasteiger partial charge in [0.05, 0.1) is 16.7 Å². The largest absolute Gasteiger partial charge is 0.609 e. The maximum atomic E-state index is 14.9. The zero-order chi connectivity index (χ0) is 23.1. The molecule has 10 nitrogen and oxygen atoms in total. The third kappa shape index (κ3) is 4.11. The van der Waals surface area contributed by atoms with E-state index in [2.05, 4.69) is 35.6 Å². The first-order valence-electron chi connectivity index (χ1n) is 9.43.